The van der Waals surface area contributed by atoms with E-state index in [2.05, 4.69) is 5.32 Å². The molecule has 0 aliphatic rings. The van der Waals surface area contributed by atoms with Gasteiger partial charge in [-0.1, -0.05) is 6.08 Å². The summed E-state index contributed by atoms with van der Waals surface area (Å²) in [6, 6.07) is -1.08. The van der Waals surface area contributed by atoms with Gasteiger partial charge in [0.1, 0.15) is 6.04 Å². The maximum atomic E-state index is 11.0. The van der Waals surface area contributed by atoms with Gasteiger partial charge >= 0.3 is 5.97 Å². The second-order valence-electron chi connectivity index (χ2n) is 2.90. The number of carbonyl (C=O) groups is 3. The molecular formula is C9H14N2O4. The smallest absolute Gasteiger partial charge is 0.326 e. The van der Waals surface area contributed by atoms with Crippen LogP contribution in [0.1, 0.15) is 19.8 Å². The van der Waals surface area contributed by atoms with E-state index in [1.807, 2.05) is 0 Å². The summed E-state index contributed by atoms with van der Waals surface area (Å²) in [5, 5.41) is 11.0. The van der Waals surface area contributed by atoms with Crippen molar-refractivity contribution in [3.8, 4) is 0 Å². The average Bonchev–Trinajstić information content (AvgIpc) is 2.11. The van der Waals surface area contributed by atoms with Crippen LogP contribution in [0.25, 0.3) is 0 Å². The first-order chi connectivity index (χ1) is 6.97. The molecular weight excluding hydrogens is 200 g/mol. The molecule has 2 amide bonds. The van der Waals surface area contributed by atoms with Crippen LogP contribution in [0.15, 0.2) is 12.2 Å². The zero-order valence-corrected chi connectivity index (χ0v) is 8.40. The summed E-state index contributed by atoms with van der Waals surface area (Å²) in [6.45, 7) is 1.64. The summed E-state index contributed by atoms with van der Waals surface area (Å²) >= 11 is 0. The van der Waals surface area contributed by atoms with Crippen LogP contribution in [0.4, 0.5) is 0 Å². The van der Waals surface area contributed by atoms with Gasteiger partial charge in [0, 0.05) is 6.42 Å². The van der Waals surface area contributed by atoms with Crippen molar-refractivity contribution in [1.82, 2.24) is 5.32 Å². The van der Waals surface area contributed by atoms with Crippen LogP contribution in [0.3, 0.4) is 0 Å². The van der Waals surface area contributed by atoms with Crippen LogP contribution in [-0.4, -0.2) is 28.9 Å². The third-order valence-electron chi connectivity index (χ3n) is 1.61. The lowest BCUT2D eigenvalue weighted by atomic mass is 10.1. The maximum absolute atomic E-state index is 11.0. The lowest BCUT2D eigenvalue weighted by Gasteiger charge is -2.11. The number of nitrogens with two attached hydrogens (primary N) is 1. The Bertz CT molecular complexity index is 286. The number of primary amides is 1. The molecule has 6 heteroatoms. The molecule has 0 saturated carbocycles. The Morgan fingerprint density at radius 2 is 2.07 bits per heavy atom. The van der Waals surface area contributed by atoms with Crippen LogP contribution < -0.4 is 11.1 Å². The highest BCUT2D eigenvalue weighted by atomic mass is 16.4. The molecule has 0 radical (unpaired) electrons. The molecule has 0 spiro atoms. The lowest BCUT2D eigenvalue weighted by molar-refractivity contribution is -0.141. The van der Waals surface area contributed by atoms with Gasteiger partial charge < -0.3 is 16.2 Å². The number of carbonyl (C=O) groups excluding carboxylic acids is 2. The van der Waals surface area contributed by atoms with E-state index in [0.29, 0.717) is 0 Å². The Morgan fingerprint density at radius 1 is 1.47 bits per heavy atom. The molecule has 15 heavy (non-hydrogen) atoms. The zero-order valence-electron chi connectivity index (χ0n) is 8.40. The lowest BCUT2D eigenvalue weighted by Crippen LogP contribution is -2.40. The Balaban J connectivity index is 4.22. The number of aliphatic carboxylic acids is 1. The molecule has 0 fully saturated rings. The normalized spacial score (nSPS) is 12.3. The molecule has 84 valence electrons. The van der Waals surface area contributed by atoms with Gasteiger partial charge in [-0.05, 0) is 19.4 Å². The van der Waals surface area contributed by atoms with Crippen molar-refractivity contribution in [2.75, 3.05) is 0 Å². The van der Waals surface area contributed by atoms with Crippen molar-refractivity contribution < 1.29 is 19.5 Å². The molecule has 0 aliphatic carbocycles. The Labute approximate surface area is 87.1 Å². The molecule has 0 bridgehead atoms. The Kier molecular flexibility index (Phi) is 5.77. The fourth-order valence-corrected chi connectivity index (χ4v) is 0.915. The second-order valence-corrected chi connectivity index (χ2v) is 2.90. The average molecular weight is 214 g/mol. The highest BCUT2D eigenvalue weighted by molar-refractivity contribution is 5.91. The molecule has 0 aromatic rings. The number of amides is 2. The number of carboxylic acids is 1. The molecule has 0 aromatic carbocycles. The number of hydrogen-bond acceptors (Lipinski definition) is 3. The molecule has 1 atom stereocenters. The van der Waals surface area contributed by atoms with Crippen molar-refractivity contribution in [2.24, 2.45) is 5.73 Å². The van der Waals surface area contributed by atoms with Crippen LogP contribution >= 0.6 is 0 Å². The number of carboxylic acid groups (broad SMARTS) is 1. The molecule has 4 N–H and O–H groups in total. The first kappa shape index (κ1) is 13.2. The molecule has 0 unspecified atom stereocenters. The van der Waals surface area contributed by atoms with Gasteiger partial charge in [-0.3, -0.25) is 9.59 Å². The van der Waals surface area contributed by atoms with Gasteiger partial charge in [0.2, 0.25) is 11.8 Å². The van der Waals surface area contributed by atoms with Crippen LogP contribution in [-0.2, 0) is 14.4 Å². The molecule has 0 rings (SSSR count). The minimum absolute atomic E-state index is 0.00599. The van der Waals surface area contributed by atoms with Crippen LogP contribution in [0, 0.1) is 0 Å². The van der Waals surface area contributed by atoms with E-state index in [9.17, 15) is 14.4 Å². The third kappa shape index (κ3) is 6.25. The minimum Gasteiger partial charge on any atom is -0.480 e. The van der Waals surface area contributed by atoms with E-state index in [1.54, 1.807) is 6.92 Å². The zero-order chi connectivity index (χ0) is 11.8. The summed E-state index contributed by atoms with van der Waals surface area (Å²) in [6.07, 6.45) is 2.61. The van der Waals surface area contributed by atoms with Crippen LogP contribution in [0.2, 0.25) is 0 Å². The molecule has 0 aromatic heterocycles. The van der Waals surface area contributed by atoms with E-state index in [0.717, 1.165) is 0 Å². The largest absolute Gasteiger partial charge is 0.480 e. The summed E-state index contributed by atoms with van der Waals surface area (Å²) < 4.78 is 0. The summed E-state index contributed by atoms with van der Waals surface area (Å²) in [7, 11) is 0. The van der Waals surface area contributed by atoms with E-state index in [4.69, 9.17) is 10.8 Å². The topological polar surface area (TPSA) is 109 Å². The fourth-order valence-electron chi connectivity index (χ4n) is 0.915. The first-order valence-corrected chi connectivity index (χ1v) is 4.41. The van der Waals surface area contributed by atoms with Gasteiger partial charge in [0.05, 0.1) is 0 Å². The molecule has 0 aliphatic heterocycles. The number of hydrogen-bond donors (Lipinski definition) is 3. The summed E-state index contributed by atoms with van der Waals surface area (Å²) in [4.78, 5) is 32.1. The standard InChI is InChI=1S/C9H14N2O4/c1-2-3-8(13)11-6(9(14)15)4-5-7(10)12/h2-3,6H,4-5H2,1H3,(H2,10,12)(H,11,13)(H,14,15)/t6-/m0/s1. The number of rotatable bonds is 6. The van der Waals surface area contributed by atoms with E-state index in [1.165, 1.54) is 12.2 Å². The predicted octanol–water partition coefficient (Wildman–Crippen LogP) is -0.603. The van der Waals surface area contributed by atoms with Crippen molar-refractivity contribution in [1.29, 1.82) is 0 Å². The van der Waals surface area contributed by atoms with Crippen LogP contribution in [0.5, 0.6) is 0 Å². The van der Waals surface area contributed by atoms with E-state index in [-0.39, 0.29) is 12.8 Å². The fraction of sp³-hybridized carbons (Fsp3) is 0.444. The monoisotopic (exact) mass is 214 g/mol. The Morgan fingerprint density at radius 3 is 2.47 bits per heavy atom. The maximum Gasteiger partial charge on any atom is 0.326 e. The second kappa shape index (κ2) is 6.58. The van der Waals surface area contributed by atoms with E-state index < -0.39 is 23.8 Å². The third-order valence-corrected chi connectivity index (χ3v) is 1.61. The molecule has 0 heterocycles. The first-order valence-electron chi connectivity index (χ1n) is 4.41. The Hall–Kier alpha value is -1.85. The number of nitrogens with one attached hydrogen (secondary N) is 1. The van der Waals surface area contributed by atoms with Gasteiger partial charge in [0.25, 0.3) is 0 Å². The predicted molar refractivity (Wildman–Crippen MR) is 52.8 cm³/mol. The molecule has 6 nitrogen and oxygen atoms in total. The van der Waals surface area contributed by atoms with Gasteiger partial charge in [-0.15, -0.1) is 0 Å². The number of allylic oxidation sites excluding steroid dienone is 1. The molecule has 0 saturated heterocycles. The quantitative estimate of drug-likeness (QED) is 0.512. The highest BCUT2D eigenvalue weighted by Gasteiger charge is 2.19. The van der Waals surface area contributed by atoms with Crippen molar-refractivity contribution in [2.45, 2.75) is 25.8 Å². The van der Waals surface area contributed by atoms with Gasteiger partial charge in [-0.25, -0.2) is 4.79 Å². The van der Waals surface area contributed by atoms with Gasteiger partial charge in [-0.2, -0.15) is 0 Å². The SMILES string of the molecule is CC=CC(=O)N[C@@H](CCC(N)=O)C(=O)O. The van der Waals surface area contributed by atoms with Crippen molar-refractivity contribution in [3.05, 3.63) is 12.2 Å². The van der Waals surface area contributed by atoms with Gasteiger partial charge in [0.15, 0.2) is 0 Å². The van der Waals surface area contributed by atoms with E-state index >= 15 is 0 Å². The van der Waals surface area contributed by atoms with Crippen molar-refractivity contribution >= 4 is 17.8 Å². The highest BCUT2D eigenvalue weighted by Crippen LogP contribution is 1.97. The summed E-state index contributed by atoms with van der Waals surface area (Å²) in [5.41, 5.74) is 4.87. The summed E-state index contributed by atoms with van der Waals surface area (Å²) in [5.74, 6) is -2.29. The van der Waals surface area contributed by atoms with Crippen molar-refractivity contribution in [3.63, 3.8) is 0 Å². The minimum atomic E-state index is -1.19.